The fourth-order valence-electron chi connectivity index (χ4n) is 5.26. The summed E-state index contributed by atoms with van der Waals surface area (Å²) in [5, 5.41) is 4.11. The number of allylic oxidation sites excluding steroid dienone is 2. The molecule has 2 N–H and O–H groups in total. The summed E-state index contributed by atoms with van der Waals surface area (Å²) in [7, 11) is 3.89. The van der Waals surface area contributed by atoms with Crippen molar-refractivity contribution in [2.75, 3.05) is 0 Å². The maximum atomic E-state index is 13.7. The number of halogens is 1. The summed E-state index contributed by atoms with van der Waals surface area (Å²) in [5.74, 6) is -1.98. The Morgan fingerprint density at radius 2 is 1.61 bits per heavy atom. The van der Waals surface area contributed by atoms with E-state index in [1.165, 1.54) is 0 Å². The zero-order chi connectivity index (χ0) is 33.6. The predicted molar refractivity (Wildman–Crippen MR) is 175 cm³/mol. The van der Waals surface area contributed by atoms with Gasteiger partial charge in [0.2, 0.25) is 11.3 Å². The lowest BCUT2D eigenvalue weighted by Gasteiger charge is -2.47. The molecule has 0 bridgehead atoms. The van der Waals surface area contributed by atoms with Gasteiger partial charge in [-0.2, -0.15) is 0 Å². The first-order valence-electron chi connectivity index (χ1n) is 14.8. The maximum Gasteiger partial charge on any atom is 0.411 e. The van der Waals surface area contributed by atoms with Crippen LogP contribution in [0, 0.1) is 0 Å². The highest BCUT2D eigenvalue weighted by atomic mass is 35.7. The summed E-state index contributed by atoms with van der Waals surface area (Å²) >= 11 is 0. The summed E-state index contributed by atoms with van der Waals surface area (Å²) in [6.45, 7) is 10.7. The number of rotatable bonds is 11. The molecule has 1 aliphatic carbocycles. The van der Waals surface area contributed by atoms with E-state index in [-0.39, 0.29) is 12.0 Å². The third kappa shape index (κ3) is 8.60. The van der Waals surface area contributed by atoms with Crippen molar-refractivity contribution in [2.45, 2.75) is 76.1 Å². The Morgan fingerprint density at radius 3 is 2.13 bits per heavy atom. The van der Waals surface area contributed by atoms with E-state index in [0.29, 0.717) is 35.2 Å². The number of amides is 3. The van der Waals surface area contributed by atoms with Gasteiger partial charge in [0.15, 0.2) is 28.9 Å². The lowest BCUT2D eigenvalue weighted by molar-refractivity contribution is -0.165. The molecule has 12 heteroatoms. The van der Waals surface area contributed by atoms with E-state index < -0.39 is 63.4 Å². The second-order valence-corrected chi connectivity index (χ2v) is 14.0. The Balaban J connectivity index is 1.49. The molecule has 1 fully saturated rings. The molecule has 2 aromatic carbocycles. The average Bonchev–Trinajstić information content (AvgIpc) is 2.99. The number of β-lactam (4-membered cyclic amide) rings is 1. The molecule has 3 amide bonds. The van der Waals surface area contributed by atoms with Crippen molar-refractivity contribution < 1.29 is 33.2 Å². The summed E-state index contributed by atoms with van der Waals surface area (Å²) in [4.78, 5) is 53.8. The van der Waals surface area contributed by atoms with Gasteiger partial charge in [-0.3, -0.25) is 19.8 Å². The smallest absolute Gasteiger partial charge is 0.411 e. The van der Waals surface area contributed by atoms with Crippen molar-refractivity contribution in [3.8, 4) is 0 Å². The van der Waals surface area contributed by atoms with E-state index in [9.17, 15) is 23.7 Å². The molecule has 0 spiro atoms. The Labute approximate surface area is 276 Å². The monoisotopic (exact) mass is 667 g/mol. The number of hydrogen-bond acceptors (Lipinski definition) is 7. The van der Waals surface area contributed by atoms with Crippen LogP contribution < -0.4 is 10.6 Å². The molecule has 1 aliphatic heterocycles. The highest BCUT2D eigenvalue weighted by Crippen LogP contribution is 2.35. The van der Waals surface area contributed by atoms with Crippen LogP contribution in [0.1, 0.15) is 64.2 Å². The number of alkyl carbamates (subject to hydrolysis) is 1. The Bertz CT molecular complexity index is 1480. The fourth-order valence-corrected chi connectivity index (χ4v) is 6.63. The first kappa shape index (κ1) is 34.8. The first-order chi connectivity index (χ1) is 21.8. The van der Waals surface area contributed by atoms with Crippen LogP contribution in [0.2, 0.25) is 0 Å². The molecule has 4 atom stereocenters. The summed E-state index contributed by atoms with van der Waals surface area (Å²) in [6.07, 6.45) is 2.97. The Hall–Kier alpha value is -4.06. The average molecular weight is 668 g/mol. The van der Waals surface area contributed by atoms with Gasteiger partial charge in [-0.25, -0.2) is 9.59 Å². The molecule has 4 rings (SSSR count). The SMILES string of the molecule is C=C(C)C(C(=O)OC(c1ccccc1)c1ccccc1)N1C(=O)C(NC(=O)CC2=C(NC(=O)OC(C)(C)C)CC=CC2)C1[S+]([O-])Cl. The van der Waals surface area contributed by atoms with Gasteiger partial charge in [0.25, 0.3) is 5.91 Å². The molecule has 2 aromatic rings. The second kappa shape index (κ2) is 15.0. The van der Waals surface area contributed by atoms with Gasteiger partial charge >= 0.3 is 12.1 Å². The van der Waals surface area contributed by atoms with Crippen LogP contribution in [0.25, 0.3) is 0 Å². The van der Waals surface area contributed by atoms with Gasteiger partial charge in [0, 0.05) is 18.5 Å². The number of carbonyl (C=O) groups excluding carboxylic acids is 4. The van der Waals surface area contributed by atoms with Gasteiger partial charge in [0.05, 0.1) is 10.4 Å². The van der Waals surface area contributed by atoms with E-state index >= 15 is 0 Å². The summed E-state index contributed by atoms with van der Waals surface area (Å²) in [6, 6.07) is 15.7. The van der Waals surface area contributed by atoms with Gasteiger partial charge in [-0.05, 0) is 56.4 Å². The molecule has 0 aromatic heterocycles. The van der Waals surface area contributed by atoms with Crippen molar-refractivity contribution in [3.05, 3.63) is 107 Å². The maximum absolute atomic E-state index is 13.7. The number of nitrogens with zero attached hydrogens (tertiary/aromatic N) is 1. The number of hydrogen-bond donors (Lipinski definition) is 2. The quantitative estimate of drug-likeness (QED) is 0.143. The topological polar surface area (TPSA) is 137 Å². The van der Waals surface area contributed by atoms with Gasteiger partial charge in [0.1, 0.15) is 5.60 Å². The standard InChI is InChI=1S/C34H38ClN3O7S/c1-21(2)28(32(41)44-29(22-14-8-6-9-15-22)23-16-10-7-11-17-23)38-30(40)27(31(38)46(35)43)37-26(39)20-24-18-12-13-19-25(24)36-33(42)45-34(3,4)5/h6-17,27-29,31H,1,18-20H2,2-5H3,(H,36,42)(H,37,39). The van der Waals surface area contributed by atoms with Crippen LogP contribution in [0.3, 0.4) is 0 Å². The lowest BCUT2D eigenvalue weighted by atomic mass is 9.96. The highest BCUT2D eigenvalue weighted by molar-refractivity contribution is 8.14. The van der Waals surface area contributed by atoms with Crippen molar-refractivity contribution in [1.29, 1.82) is 0 Å². The van der Waals surface area contributed by atoms with Crippen LogP contribution in [-0.4, -0.2) is 56.4 Å². The second-order valence-electron chi connectivity index (χ2n) is 12.1. The molecule has 10 nitrogen and oxygen atoms in total. The minimum Gasteiger partial charge on any atom is -0.597 e. The van der Waals surface area contributed by atoms with Crippen LogP contribution in [0.5, 0.6) is 0 Å². The molecule has 46 heavy (non-hydrogen) atoms. The molecule has 0 saturated carbocycles. The lowest BCUT2D eigenvalue weighted by Crippen LogP contribution is -2.75. The van der Waals surface area contributed by atoms with Crippen molar-refractivity contribution >= 4 is 44.9 Å². The molecule has 4 unspecified atom stereocenters. The summed E-state index contributed by atoms with van der Waals surface area (Å²) in [5.41, 5.74) is 2.16. The van der Waals surface area contributed by atoms with Gasteiger partial charge in [-0.15, -0.1) is 0 Å². The number of nitrogens with one attached hydrogen (secondary N) is 2. The van der Waals surface area contributed by atoms with Crippen LogP contribution >= 0.6 is 10.7 Å². The summed E-state index contributed by atoms with van der Waals surface area (Å²) < 4.78 is 24.1. The molecule has 1 heterocycles. The van der Waals surface area contributed by atoms with E-state index in [1.807, 2.05) is 72.8 Å². The third-order valence-corrected chi connectivity index (χ3v) is 8.73. The van der Waals surface area contributed by atoms with Crippen molar-refractivity contribution in [3.63, 3.8) is 0 Å². The van der Waals surface area contributed by atoms with Crippen molar-refractivity contribution in [1.82, 2.24) is 15.5 Å². The zero-order valence-corrected chi connectivity index (χ0v) is 27.7. The van der Waals surface area contributed by atoms with Gasteiger partial charge in [-0.1, -0.05) is 79.4 Å². The van der Waals surface area contributed by atoms with E-state index in [2.05, 4.69) is 17.2 Å². The van der Waals surface area contributed by atoms with E-state index in [4.69, 9.17) is 20.2 Å². The van der Waals surface area contributed by atoms with Crippen LogP contribution in [0.4, 0.5) is 4.79 Å². The molecule has 0 radical (unpaired) electrons. The predicted octanol–water partition coefficient (Wildman–Crippen LogP) is 5.34. The van der Waals surface area contributed by atoms with E-state index in [0.717, 1.165) is 4.90 Å². The Kier molecular flexibility index (Phi) is 11.4. The Morgan fingerprint density at radius 1 is 1.04 bits per heavy atom. The first-order valence-corrected chi connectivity index (χ1v) is 16.8. The molecule has 1 saturated heterocycles. The number of carbonyl (C=O) groups is 4. The number of likely N-dealkylation sites (tertiary alicyclic amines) is 1. The molecule has 2 aliphatic rings. The molecule has 244 valence electrons. The zero-order valence-electron chi connectivity index (χ0n) is 26.2. The minimum absolute atomic E-state index is 0.136. The fraction of sp³-hybridized carbons (Fsp3) is 0.353. The van der Waals surface area contributed by atoms with Gasteiger partial charge < -0.3 is 19.3 Å². The van der Waals surface area contributed by atoms with E-state index in [1.54, 1.807) is 27.7 Å². The number of esters is 1. The third-order valence-electron chi connectivity index (χ3n) is 7.30. The van der Waals surface area contributed by atoms with Crippen molar-refractivity contribution in [2.24, 2.45) is 0 Å². The normalized spacial score (nSPS) is 19.2. The molecular formula is C34H38ClN3O7S. The van der Waals surface area contributed by atoms with Crippen LogP contribution in [0.15, 0.2) is 96.2 Å². The highest BCUT2D eigenvalue weighted by Gasteiger charge is 2.60. The largest absolute Gasteiger partial charge is 0.597 e. The molecular weight excluding hydrogens is 630 g/mol. The number of benzene rings is 2. The minimum atomic E-state index is -2.17. The van der Waals surface area contributed by atoms with Crippen LogP contribution in [-0.2, 0) is 34.2 Å². The number of ether oxygens (including phenoxy) is 2.